The predicted octanol–water partition coefficient (Wildman–Crippen LogP) is 0.613. The van der Waals surface area contributed by atoms with Gasteiger partial charge >= 0.3 is 18.1 Å². The van der Waals surface area contributed by atoms with Crippen molar-refractivity contribution in [2.75, 3.05) is 26.2 Å². The average molecular weight is 470 g/mol. The van der Waals surface area contributed by atoms with E-state index in [-0.39, 0.29) is 63.4 Å². The molecule has 186 valence electrons. The number of likely N-dealkylation sites (tertiary alicyclic amines) is 1. The molecule has 12 heteroatoms. The van der Waals surface area contributed by atoms with Gasteiger partial charge < -0.3 is 19.6 Å². The quantitative estimate of drug-likeness (QED) is 0.201. The number of imide groups is 1. The molecule has 5 amide bonds. The molecule has 0 spiro atoms. The van der Waals surface area contributed by atoms with E-state index in [1.165, 1.54) is 9.80 Å². The third kappa shape index (κ3) is 6.12. The van der Waals surface area contributed by atoms with Gasteiger partial charge in [-0.2, -0.15) is 0 Å². The molecule has 0 bridgehead atoms. The monoisotopic (exact) mass is 469 g/mol. The zero-order chi connectivity index (χ0) is 24.9. The van der Waals surface area contributed by atoms with Gasteiger partial charge in [-0.05, 0) is 24.7 Å². The molecule has 0 radical (unpaired) electrons. The molecule has 2 aliphatic heterocycles. The lowest BCUT2D eigenvalue weighted by molar-refractivity contribution is -0.167. The maximum Gasteiger partial charge on any atom is 0.410 e. The van der Waals surface area contributed by atoms with Crippen LogP contribution in [0, 0.1) is 17.8 Å². The Bertz CT molecular complexity index is 756. The van der Waals surface area contributed by atoms with E-state index in [0.29, 0.717) is 0 Å². The first-order valence-electron chi connectivity index (χ1n) is 11.3. The second-order valence-corrected chi connectivity index (χ2v) is 9.15. The van der Waals surface area contributed by atoms with Gasteiger partial charge in [0.05, 0.1) is 5.92 Å². The first kappa shape index (κ1) is 26.4. The summed E-state index contributed by atoms with van der Waals surface area (Å²) in [6.07, 6.45) is -0.161. The van der Waals surface area contributed by atoms with Crippen molar-refractivity contribution in [3.8, 4) is 0 Å². The van der Waals surface area contributed by atoms with E-state index in [2.05, 4.69) is 0 Å². The predicted molar refractivity (Wildman–Crippen MR) is 116 cm³/mol. The van der Waals surface area contributed by atoms with Crippen LogP contribution in [0.15, 0.2) is 0 Å². The van der Waals surface area contributed by atoms with Crippen LogP contribution in [0.1, 0.15) is 47.0 Å². The number of urea groups is 1. The second kappa shape index (κ2) is 11.3. The molecule has 0 aliphatic carbocycles. The van der Waals surface area contributed by atoms with Crippen LogP contribution >= 0.6 is 0 Å². The fourth-order valence-corrected chi connectivity index (χ4v) is 4.35. The van der Waals surface area contributed by atoms with Crippen LogP contribution in [0.25, 0.3) is 0 Å². The highest BCUT2D eigenvalue weighted by molar-refractivity contribution is 6.07. The number of amides is 5. The summed E-state index contributed by atoms with van der Waals surface area (Å²) in [6.45, 7) is 8.72. The van der Waals surface area contributed by atoms with E-state index in [1.54, 1.807) is 0 Å². The number of carbonyl (C=O) groups excluding carboxylic acids is 4. The molecular weight excluding hydrogens is 434 g/mol. The summed E-state index contributed by atoms with van der Waals surface area (Å²) in [5.74, 6) is 2.23. The molecule has 0 aromatic rings. The maximum absolute atomic E-state index is 12.9. The van der Waals surface area contributed by atoms with Crippen molar-refractivity contribution in [1.82, 2.24) is 20.1 Å². The minimum Gasteiger partial charge on any atom is -0.480 e. The molecule has 0 aromatic carbocycles. The number of nitrogens with two attached hydrogens (primary N) is 1. The lowest BCUT2D eigenvalue weighted by atomic mass is 9.83. The second-order valence-electron chi connectivity index (χ2n) is 9.15. The number of hydrazine groups is 1. The van der Waals surface area contributed by atoms with Crippen molar-refractivity contribution in [3.63, 3.8) is 0 Å². The zero-order valence-corrected chi connectivity index (χ0v) is 19.7. The molecule has 2 heterocycles. The highest BCUT2D eigenvalue weighted by atomic mass is 16.6. The molecule has 2 saturated heterocycles. The van der Waals surface area contributed by atoms with Crippen LogP contribution in [0.5, 0.6) is 0 Å². The molecule has 2 aliphatic rings. The highest BCUT2D eigenvalue weighted by Crippen LogP contribution is 2.32. The fourth-order valence-electron chi connectivity index (χ4n) is 4.35. The van der Waals surface area contributed by atoms with Crippen molar-refractivity contribution in [2.45, 2.75) is 59.1 Å². The number of nitrogens with one attached hydrogen (secondary N) is 1. The van der Waals surface area contributed by atoms with E-state index in [0.717, 1.165) is 4.90 Å². The Balaban J connectivity index is 1.91. The Morgan fingerprint density at radius 1 is 1.06 bits per heavy atom. The van der Waals surface area contributed by atoms with Crippen molar-refractivity contribution in [3.05, 3.63) is 0 Å². The zero-order valence-electron chi connectivity index (χ0n) is 19.7. The Kier molecular flexibility index (Phi) is 9.03. The Morgan fingerprint density at radius 3 is 2.09 bits per heavy atom. The number of hydrogen-bond donors (Lipinski definition) is 3. The first-order chi connectivity index (χ1) is 15.5. The van der Waals surface area contributed by atoms with Crippen molar-refractivity contribution in [1.29, 1.82) is 0 Å². The van der Waals surface area contributed by atoms with Gasteiger partial charge in [0.2, 0.25) is 11.8 Å². The third-order valence-electron chi connectivity index (χ3n) is 6.11. The summed E-state index contributed by atoms with van der Waals surface area (Å²) in [7, 11) is 0. The third-order valence-corrected chi connectivity index (χ3v) is 6.11. The summed E-state index contributed by atoms with van der Waals surface area (Å²) in [4.78, 5) is 64.5. The van der Waals surface area contributed by atoms with Crippen LogP contribution < -0.4 is 11.3 Å². The topological polar surface area (TPSA) is 163 Å². The van der Waals surface area contributed by atoms with Gasteiger partial charge in [-0.3, -0.25) is 15.0 Å². The summed E-state index contributed by atoms with van der Waals surface area (Å²) in [5.41, 5.74) is 1.97. The number of ether oxygens (including phenoxy) is 1. The fraction of sp³-hybridized carbons (Fsp3) is 0.762. The molecule has 2 rings (SSSR count). The van der Waals surface area contributed by atoms with Crippen molar-refractivity contribution >= 4 is 29.9 Å². The Hall–Kier alpha value is -2.89. The van der Waals surface area contributed by atoms with Gasteiger partial charge in [-0.15, -0.1) is 0 Å². The number of nitrogens with zero attached hydrogens (tertiary/aromatic N) is 3. The van der Waals surface area contributed by atoms with E-state index in [9.17, 15) is 29.1 Å². The minimum absolute atomic E-state index is 0.0626. The minimum atomic E-state index is -1.27. The molecule has 2 atom stereocenters. The summed E-state index contributed by atoms with van der Waals surface area (Å²) < 4.78 is 5.64. The van der Waals surface area contributed by atoms with E-state index in [4.69, 9.17) is 10.6 Å². The molecule has 0 aromatic heterocycles. The Labute approximate surface area is 193 Å². The SMILES string of the molecule is CC(C)C(OC(=O)N1CCN(C(=O)N2C(=O)[C@H](CCCC(=O)NN)[C@H]2C(=O)O)CC1)C(C)C. The number of β-lactam (4-membered cyclic amide) rings is 1. The summed E-state index contributed by atoms with van der Waals surface area (Å²) >= 11 is 0. The standard InChI is InChI=1S/C21H35N5O7/c1-12(2)17(13(3)4)33-21(32)25-10-8-24(9-11-25)20(31)26-16(19(29)30)14(18(26)28)6-5-7-15(27)23-22/h12-14,16-17H,5-11,22H2,1-4H3,(H,23,27)(H,29,30)/t14-,16+/m1/s1. The van der Waals surface area contributed by atoms with E-state index in [1.807, 2.05) is 33.1 Å². The lowest BCUT2D eigenvalue weighted by Crippen LogP contribution is -2.69. The lowest BCUT2D eigenvalue weighted by Gasteiger charge is -2.46. The van der Waals surface area contributed by atoms with Crippen LogP contribution in [0.3, 0.4) is 0 Å². The molecule has 4 N–H and O–H groups in total. The Morgan fingerprint density at radius 2 is 1.61 bits per heavy atom. The highest BCUT2D eigenvalue weighted by Gasteiger charge is 2.55. The molecular formula is C21H35N5O7. The van der Waals surface area contributed by atoms with Crippen molar-refractivity contribution in [2.24, 2.45) is 23.6 Å². The largest absolute Gasteiger partial charge is 0.480 e. The molecule has 2 fully saturated rings. The molecule has 0 saturated carbocycles. The number of hydrogen-bond acceptors (Lipinski definition) is 7. The first-order valence-corrected chi connectivity index (χ1v) is 11.3. The van der Waals surface area contributed by atoms with E-state index >= 15 is 0 Å². The number of carbonyl (C=O) groups is 5. The normalized spacial score (nSPS) is 20.8. The number of aliphatic carboxylic acids is 1. The van der Waals surface area contributed by atoms with Gasteiger partial charge in [-0.1, -0.05) is 27.7 Å². The smallest absolute Gasteiger partial charge is 0.410 e. The average Bonchev–Trinajstić information content (AvgIpc) is 2.76. The van der Waals surface area contributed by atoms with Gasteiger partial charge in [0.15, 0.2) is 6.04 Å². The van der Waals surface area contributed by atoms with Gasteiger partial charge in [-0.25, -0.2) is 25.1 Å². The van der Waals surface area contributed by atoms with Gasteiger partial charge in [0, 0.05) is 32.6 Å². The van der Waals surface area contributed by atoms with Crippen LogP contribution in [-0.4, -0.2) is 88.0 Å². The number of rotatable bonds is 8. The number of carboxylic acids is 1. The molecule has 33 heavy (non-hydrogen) atoms. The van der Waals surface area contributed by atoms with E-state index < -0.39 is 41.9 Å². The number of carboxylic acid groups (broad SMARTS) is 1. The summed E-state index contributed by atoms with van der Waals surface area (Å²) in [5, 5.41) is 9.55. The summed E-state index contributed by atoms with van der Waals surface area (Å²) in [6, 6.07) is -1.95. The van der Waals surface area contributed by atoms with Crippen molar-refractivity contribution < 1.29 is 33.8 Å². The number of piperazine rings is 1. The van der Waals surface area contributed by atoms with Crippen LogP contribution in [0.4, 0.5) is 9.59 Å². The molecule has 0 unspecified atom stereocenters. The van der Waals surface area contributed by atoms with Gasteiger partial charge in [0.1, 0.15) is 6.10 Å². The van der Waals surface area contributed by atoms with Gasteiger partial charge in [0.25, 0.3) is 0 Å². The van der Waals surface area contributed by atoms with Crippen LogP contribution in [0.2, 0.25) is 0 Å². The maximum atomic E-state index is 12.9. The van der Waals surface area contributed by atoms with Crippen LogP contribution in [-0.2, 0) is 19.1 Å². The molecule has 12 nitrogen and oxygen atoms in total.